The first-order chi connectivity index (χ1) is 13.2. The molecule has 2 aromatic carbocycles. The van der Waals surface area contributed by atoms with Crippen LogP contribution in [0.4, 0.5) is 0 Å². The first-order valence-corrected chi connectivity index (χ1v) is 9.99. The van der Waals surface area contributed by atoms with Crippen LogP contribution in [0.1, 0.15) is 24.0 Å². The van der Waals surface area contributed by atoms with Crippen LogP contribution in [-0.2, 0) is 17.8 Å². The van der Waals surface area contributed by atoms with E-state index in [-0.39, 0.29) is 6.10 Å². The zero-order chi connectivity index (χ0) is 18.6. The Morgan fingerprint density at radius 2 is 1.56 bits per heavy atom. The minimum Gasteiger partial charge on any atom is -0.372 e. The fraction of sp³-hybridized carbons (Fsp3) is 0.333. The lowest BCUT2D eigenvalue weighted by Gasteiger charge is -2.38. The van der Waals surface area contributed by atoms with Crippen LogP contribution in [0, 0.1) is 0 Å². The van der Waals surface area contributed by atoms with Gasteiger partial charge in [-0.05, 0) is 48.2 Å². The maximum Gasteiger partial charge on any atom is 0.0998 e. The van der Waals surface area contributed by atoms with Gasteiger partial charge in [-0.2, -0.15) is 5.01 Å². The van der Waals surface area contributed by atoms with Gasteiger partial charge in [0.15, 0.2) is 0 Å². The number of benzene rings is 2. The third-order valence-corrected chi connectivity index (χ3v) is 5.33. The summed E-state index contributed by atoms with van der Waals surface area (Å²) in [5.74, 6) is 0. The van der Waals surface area contributed by atoms with E-state index in [2.05, 4.69) is 45.8 Å². The van der Waals surface area contributed by atoms with Crippen LogP contribution in [0.2, 0.25) is 10.0 Å². The van der Waals surface area contributed by atoms with Gasteiger partial charge in [0.1, 0.15) is 0 Å². The van der Waals surface area contributed by atoms with Gasteiger partial charge in [0.05, 0.1) is 18.5 Å². The van der Waals surface area contributed by atoms with Crippen molar-refractivity contribution in [1.82, 2.24) is 15.3 Å². The van der Waals surface area contributed by atoms with Crippen molar-refractivity contribution in [2.75, 3.05) is 13.3 Å². The molecule has 1 unspecified atom stereocenters. The molecule has 1 fully saturated rings. The van der Waals surface area contributed by atoms with Crippen molar-refractivity contribution in [1.29, 1.82) is 0 Å². The minimum absolute atomic E-state index is 0.144. The summed E-state index contributed by atoms with van der Waals surface area (Å²) >= 11 is 12.0. The molecule has 2 aliphatic rings. The van der Waals surface area contributed by atoms with Crippen LogP contribution in [0.3, 0.4) is 0 Å². The number of hydrazine groups is 1. The van der Waals surface area contributed by atoms with Crippen molar-refractivity contribution in [3.8, 4) is 0 Å². The zero-order valence-electron chi connectivity index (χ0n) is 15.1. The number of nitrogens with one attached hydrogen (secondary N) is 1. The summed E-state index contributed by atoms with van der Waals surface area (Å²) in [5.41, 5.74) is 7.13. The SMILES string of the molecule is Clc1ccc(CN2C=C(C3CCCO3)NN(Cc3ccc(Cl)cc3)C2)cc1. The molecular formula is C21H23Cl2N3O. The monoisotopic (exact) mass is 403 g/mol. The van der Waals surface area contributed by atoms with E-state index in [4.69, 9.17) is 27.9 Å². The summed E-state index contributed by atoms with van der Waals surface area (Å²) in [6.07, 6.45) is 4.51. The molecular weight excluding hydrogens is 381 g/mol. The van der Waals surface area contributed by atoms with E-state index in [0.29, 0.717) is 0 Å². The third-order valence-electron chi connectivity index (χ3n) is 4.82. The van der Waals surface area contributed by atoms with Gasteiger partial charge in [0.25, 0.3) is 0 Å². The molecule has 4 rings (SSSR count). The number of hydrogen-bond donors (Lipinski definition) is 1. The van der Waals surface area contributed by atoms with Crippen molar-refractivity contribution in [3.05, 3.63) is 81.6 Å². The topological polar surface area (TPSA) is 27.7 Å². The summed E-state index contributed by atoms with van der Waals surface area (Å²) in [6, 6.07) is 16.0. The predicted molar refractivity (Wildman–Crippen MR) is 109 cm³/mol. The summed E-state index contributed by atoms with van der Waals surface area (Å²) < 4.78 is 5.90. The van der Waals surface area contributed by atoms with Crippen molar-refractivity contribution in [2.45, 2.75) is 32.0 Å². The standard InChI is InChI=1S/C21H23Cl2N3O/c22-18-7-3-16(4-8-18)12-25-14-20(21-2-1-11-27-21)24-26(15-25)13-17-5-9-19(23)10-6-17/h3-10,14,21,24H,1-2,11-13,15H2. The summed E-state index contributed by atoms with van der Waals surface area (Å²) in [6.45, 7) is 3.23. The van der Waals surface area contributed by atoms with Crippen molar-refractivity contribution in [3.63, 3.8) is 0 Å². The van der Waals surface area contributed by atoms with E-state index in [9.17, 15) is 0 Å². The predicted octanol–water partition coefficient (Wildman–Crippen LogP) is 4.79. The van der Waals surface area contributed by atoms with Gasteiger partial charge in [-0.1, -0.05) is 47.5 Å². The lowest BCUT2D eigenvalue weighted by atomic mass is 10.1. The van der Waals surface area contributed by atoms with Crippen LogP contribution in [-0.4, -0.2) is 29.3 Å². The molecule has 2 heterocycles. The highest BCUT2D eigenvalue weighted by Crippen LogP contribution is 2.23. The average molecular weight is 404 g/mol. The van der Waals surface area contributed by atoms with E-state index in [0.717, 1.165) is 54.9 Å². The van der Waals surface area contributed by atoms with Crippen LogP contribution < -0.4 is 5.43 Å². The summed E-state index contributed by atoms with van der Waals surface area (Å²) in [5, 5.41) is 3.74. The van der Waals surface area contributed by atoms with E-state index < -0.39 is 0 Å². The Morgan fingerprint density at radius 3 is 2.15 bits per heavy atom. The molecule has 2 aromatic rings. The molecule has 0 radical (unpaired) electrons. The van der Waals surface area contributed by atoms with Gasteiger partial charge in [0.2, 0.25) is 0 Å². The van der Waals surface area contributed by atoms with Crippen LogP contribution in [0.15, 0.2) is 60.4 Å². The molecule has 4 nitrogen and oxygen atoms in total. The molecule has 27 heavy (non-hydrogen) atoms. The van der Waals surface area contributed by atoms with Gasteiger partial charge in [-0.25, -0.2) is 0 Å². The van der Waals surface area contributed by atoms with Gasteiger partial charge in [-0.3, -0.25) is 0 Å². The van der Waals surface area contributed by atoms with Gasteiger partial charge >= 0.3 is 0 Å². The molecule has 0 saturated carbocycles. The third kappa shape index (κ3) is 4.96. The fourth-order valence-electron chi connectivity index (χ4n) is 3.50. The molecule has 0 aromatic heterocycles. The maximum atomic E-state index is 6.02. The molecule has 0 aliphatic carbocycles. The van der Waals surface area contributed by atoms with Crippen molar-refractivity contribution < 1.29 is 4.74 Å². The largest absolute Gasteiger partial charge is 0.372 e. The molecule has 6 heteroatoms. The number of nitrogens with zero attached hydrogens (tertiary/aromatic N) is 2. The highest BCUT2D eigenvalue weighted by molar-refractivity contribution is 6.30. The molecule has 1 N–H and O–H groups in total. The lowest BCUT2D eigenvalue weighted by molar-refractivity contribution is 0.0580. The van der Waals surface area contributed by atoms with E-state index >= 15 is 0 Å². The quantitative estimate of drug-likeness (QED) is 0.775. The number of ether oxygens (including phenoxy) is 1. The Kier molecular flexibility index (Phi) is 5.89. The number of halogens is 2. The molecule has 1 saturated heterocycles. The summed E-state index contributed by atoms with van der Waals surface area (Å²) in [7, 11) is 0. The Bertz CT molecular complexity index is 786. The maximum absolute atomic E-state index is 6.02. The van der Waals surface area contributed by atoms with Crippen LogP contribution >= 0.6 is 23.2 Å². The van der Waals surface area contributed by atoms with E-state index in [1.54, 1.807) is 0 Å². The Morgan fingerprint density at radius 1 is 0.926 bits per heavy atom. The first-order valence-electron chi connectivity index (χ1n) is 9.23. The number of hydrogen-bond acceptors (Lipinski definition) is 4. The molecule has 0 amide bonds. The van der Waals surface area contributed by atoms with E-state index in [1.807, 2.05) is 24.3 Å². The van der Waals surface area contributed by atoms with E-state index in [1.165, 1.54) is 11.1 Å². The Labute approximate surface area is 170 Å². The second-order valence-corrected chi connectivity index (χ2v) is 7.91. The van der Waals surface area contributed by atoms with Crippen molar-refractivity contribution in [2.24, 2.45) is 0 Å². The van der Waals surface area contributed by atoms with Gasteiger partial charge < -0.3 is 15.1 Å². The summed E-state index contributed by atoms with van der Waals surface area (Å²) in [4.78, 5) is 2.31. The molecule has 1 atom stereocenters. The Hall–Kier alpha value is -1.72. The second-order valence-electron chi connectivity index (χ2n) is 7.04. The highest BCUT2D eigenvalue weighted by atomic mass is 35.5. The normalized spacial score (nSPS) is 20.4. The Balaban J connectivity index is 1.50. The first kappa shape index (κ1) is 18.6. The molecule has 2 aliphatic heterocycles. The minimum atomic E-state index is 0.144. The van der Waals surface area contributed by atoms with Crippen LogP contribution in [0.25, 0.3) is 0 Å². The second kappa shape index (κ2) is 8.53. The highest BCUT2D eigenvalue weighted by Gasteiger charge is 2.26. The lowest BCUT2D eigenvalue weighted by Crippen LogP contribution is -2.49. The van der Waals surface area contributed by atoms with Gasteiger partial charge in [0, 0.05) is 35.9 Å². The number of rotatable bonds is 5. The average Bonchev–Trinajstić information content (AvgIpc) is 3.20. The molecule has 0 bridgehead atoms. The fourth-order valence-corrected chi connectivity index (χ4v) is 3.75. The smallest absolute Gasteiger partial charge is 0.0998 e. The van der Waals surface area contributed by atoms with Crippen molar-refractivity contribution >= 4 is 23.2 Å². The zero-order valence-corrected chi connectivity index (χ0v) is 16.6. The molecule has 142 valence electrons. The van der Waals surface area contributed by atoms with Crippen LogP contribution in [0.5, 0.6) is 0 Å². The molecule has 0 spiro atoms. The van der Waals surface area contributed by atoms with Gasteiger partial charge in [-0.15, -0.1) is 0 Å².